The first-order chi connectivity index (χ1) is 12.4. The molecule has 4 atom stereocenters. The summed E-state index contributed by atoms with van der Waals surface area (Å²) in [4.78, 5) is 36.9. The van der Waals surface area contributed by atoms with Crippen molar-refractivity contribution in [2.24, 2.45) is 0 Å². The van der Waals surface area contributed by atoms with Gasteiger partial charge in [-0.25, -0.2) is 18.4 Å². The molecule has 1 aliphatic rings. The van der Waals surface area contributed by atoms with Crippen LogP contribution >= 0.6 is 0 Å². The standard InChI is InChI=1S/C16H14F2N2O6/c17-11-12(25-14(23)9-4-2-1-3-5-9)16(18,8-21)26-13(11)20-7-6-10(22)19-15(20)24/h1-7,11-13,21H,8H2,(H,19,22,24)/t11-,12-,13+,16+/m0/s1. The summed E-state index contributed by atoms with van der Waals surface area (Å²) in [5.74, 6) is -4.09. The molecule has 3 rings (SSSR count). The molecule has 2 heterocycles. The molecule has 0 radical (unpaired) electrons. The zero-order valence-electron chi connectivity index (χ0n) is 13.2. The fourth-order valence-corrected chi connectivity index (χ4v) is 2.60. The lowest BCUT2D eigenvalue weighted by Gasteiger charge is -2.23. The van der Waals surface area contributed by atoms with E-state index in [1.54, 1.807) is 6.07 Å². The molecule has 1 fully saturated rings. The highest BCUT2D eigenvalue weighted by molar-refractivity contribution is 5.89. The van der Waals surface area contributed by atoms with Crippen LogP contribution < -0.4 is 11.2 Å². The molecule has 0 bridgehead atoms. The van der Waals surface area contributed by atoms with Crippen molar-refractivity contribution in [1.82, 2.24) is 9.55 Å². The van der Waals surface area contributed by atoms with Gasteiger partial charge in [0.2, 0.25) is 0 Å². The second-order valence-electron chi connectivity index (χ2n) is 5.61. The van der Waals surface area contributed by atoms with Crippen LogP contribution in [0, 0.1) is 0 Å². The largest absolute Gasteiger partial charge is 0.449 e. The third kappa shape index (κ3) is 3.16. The average Bonchev–Trinajstić information content (AvgIpc) is 2.88. The molecule has 0 spiro atoms. The average molecular weight is 368 g/mol. The lowest BCUT2D eigenvalue weighted by atomic mass is 10.1. The van der Waals surface area contributed by atoms with Gasteiger partial charge in [0.1, 0.15) is 6.61 Å². The zero-order valence-corrected chi connectivity index (χ0v) is 13.2. The van der Waals surface area contributed by atoms with E-state index in [2.05, 4.69) is 0 Å². The Kier molecular flexibility index (Phi) is 4.70. The SMILES string of the molecule is O=C(O[C@H]1[C@H](F)[C@H](n2ccc(=O)[nH]c2=O)O[C@]1(F)CO)c1ccccc1. The Morgan fingerprint density at radius 1 is 1.31 bits per heavy atom. The molecule has 138 valence electrons. The van der Waals surface area contributed by atoms with E-state index in [9.17, 15) is 28.3 Å². The van der Waals surface area contributed by atoms with E-state index < -0.39 is 48.2 Å². The molecule has 8 nitrogen and oxygen atoms in total. The van der Waals surface area contributed by atoms with Gasteiger partial charge in [0.25, 0.3) is 11.4 Å². The van der Waals surface area contributed by atoms with E-state index in [0.29, 0.717) is 4.57 Å². The summed E-state index contributed by atoms with van der Waals surface area (Å²) in [6.45, 7) is -1.31. The molecule has 0 aliphatic carbocycles. The van der Waals surface area contributed by atoms with Crippen LogP contribution in [0.25, 0.3) is 0 Å². The number of aromatic amines is 1. The Hall–Kier alpha value is -2.85. The molecular formula is C16H14F2N2O6. The van der Waals surface area contributed by atoms with Gasteiger partial charge in [-0.3, -0.25) is 14.3 Å². The minimum absolute atomic E-state index is 0.0460. The van der Waals surface area contributed by atoms with E-state index in [-0.39, 0.29) is 5.56 Å². The van der Waals surface area contributed by atoms with E-state index in [1.807, 2.05) is 4.98 Å². The van der Waals surface area contributed by atoms with Gasteiger partial charge in [0.15, 0.2) is 18.5 Å². The molecule has 2 aromatic rings. The number of carbonyl (C=O) groups is 1. The van der Waals surface area contributed by atoms with Crippen molar-refractivity contribution < 1.29 is 28.2 Å². The lowest BCUT2D eigenvalue weighted by Crippen LogP contribution is -2.44. The second-order valence-corrected chi connectivity index (χ2v) is 5.61. The molecule has 1 aromatic heterocycles. The number of nitrogens with zero attached hydrogens (tertiary/aromatic N) is 1. The van der Waals surface area contributed by atoms with Gasteiger partial charge in [0, 0.05) is 12.3 Å². The van der Waals surface area contributed by atoms with Crippen molar-refractivity contribution in [3.63, 3.8) is 0 Å². The van der Waals surface area contributed by atoms with Crippen LogP contribution in [0.3, 0.4) is 0 Å². The number of rotatable bonds is 4. The summed E-state index contributed by atoms with van der Waals surface area (Å²) < 4.78 is 39.9. The highest BCUT2D eigenvalue weighted by Gasteiger charge is 2.60. The summed E-state index contributed by atoms with van der Waals surface area (Å²) >= 11 is 0. The van der Waals surface area contributed by atoms with Gasteiger partial charge in [-0.05, 0) is 12.1 Å². The van der Waals surface area contributed by atoms with Gasteiger partial charge < -0.3 is 14.6 Å². The predicted molar refractivity (Wildman–Crippen MR) is 82.9 cm³/mol. The second kappa shape index (κ2) is 6.81. The number of hydrogen-bond acceptors (Lipinski definition) is 6. The summed E-state index contributed by atoms with van der Waals surface area (Å²) in [7, 11) is 0. The highest BCUT2D eigenvalue weighted by atomic mass is 19.2. The Labute approximate surface area is 144 Å². The number of benzene rings is 1. The van der Waals surface area contributed by atoms with E-state index in [1.165, 1.54) is 24.3 Å². The highest BCUT2D eigenvalue weighted by Crippen LogP contribution is 2.41. The van der Waals surface area contributed by atoms with Crippen LogP contribution in [-0.4, -0.2) is 45.4 Å². The smallest absolute Gasteiger partial charge is 0.338 e. The molecule has 1 aliphatic heterocycles. The summed E-state index contributed by atoms with van der Waals surface area (Å²) in [6.07, 6.45) is -5.37. The van der Waals surface area contributed by atoms with Crippen LogP contribution in [0.2, 0.25) is 0 Å². The minimum Gasteiger partial charge on any atom is -0.449 e. The molecule has 2 N–H and O–H groups in total. The number of carbonyl (C=O) groups excluding carboxylic acids is 1. The predicted octanol–water partition coefficient (Wildman–Crippen LogP) is 0.287. The first kappa shape index (κ1) is 18.0. The first-order valence-corrected chi connectivity index (χ1v) is 7.55. The topological polar surface area (TPSA) is 111 Å². The minimum atomic E-state index is -3.07. The van der Waals surface area contributed by atoms with Crippen LogP contribution in [0.15, 0.2) is 52.2 Å². The number of alkyl halides is 2. The number of hydrogen-bond donors (Lipinski definition) is 2. The number of aliphatic hydroxyl groups excluding tert-OH is 1. The molecule has 26 heavy (non-hydrogen) atoms. The van der Waals surface area contributed by atoms with Crippen LogP contribution in [0.5, 0.6) is 0 Å². The van der Waals surface area contributed by atoms with Gasteiger partial charge >= 0.3 is 11.7 Å². The summed E-state index contributed by atoms with van der Waals surface area (Å²) in [5, 5.41) is 9.27. The van der Waals surface area contributed by atoms with Crippen molar-refractivity contribution in [2.75, 3.05) is 6.61 Å². The molecule has 0 amide bonds. The van der Waals surface area contributed by atoms with Crippen molar-refractivity contribution in [3.8, 4) is 0 Å². The quantitative estimate of drug-likeness (QED) is 0.751. The van der Waals surface area contributed by atoms with Crippen molar-refractivity contribution >= 4 is 5.97 Å². The maximum atomic E-state index is 14.8. The molecule has 0 saturated carbocycles. The first-order valence-electron chi connectivity index (χ1n) is 7.55. The monoisotopic (exact) mass is 368 g/mol. The summed E-state index contributed by atoms with van der Waals surface area (Å²) in [5.41, 5.74) is -1.73. The Morgan fingerprint density at radius 3 is 2.62 bits per heavy atom. The van der Waals surface area contributed by atoms with Crippen LogP contribution in [-0.2, 0) is 9.47 Å². The fourth-order valence-electron chi connectivity index (χ4n) is 2.60. The van der Waals surface area contributed by atoms with Crippen LogP contribution in [0.1, 0.15) is 16.6 Å². The Morgan fingerprint density at radius 2 is 2.00 bits per heavy atom. The van der Waals surface area contributed by atoms with Gasteiger partial charge in [-0.2, -0.15) is 0 Å². The maximum absolute atomic E-state index is 14.8. The lowest BCUT2D eigenvalue weighted by molar-refractivity contribution is -0.207. The van der Waals surface area contributed by atoms with Crippen molar-refractivity contribution in [2.45, 2.75) is 24.4 Å². The van der Waals surface area contributed by atoms with Crippen molar-refractivity contribution in [1.29, 1.82) is 0 Å². The number of ether oxygens (including phenoxy) is 2. The Balaban J connectivity index is 1.90. The third-order valence-electron chi connectivity index (χ3n) is 3.89. The van der Waals surface area contributed by atoms with Crippen LogP contribution in [0.4, 0.5) is 8.78 Å². The van der Waals surface area contributed by atoms with Gasteiger partial charge in [-0.15, -0.1) is 0 Å². The number of aromatic nitrogens is 2. The zero-order chi connectivity index (χ0) is 18.9. The molecule has 0 unspecified atom stereocenters. The van der Waals surface area contributed by atoms with Crippen molar-refractivity contribution in [3.05, 3.63) is 69.0 Å². The fraction of sp³-hybridized carbons (Fsp3) is 0.312. The molecule has 10 heteroatoms. The molecular weight excluding hydrogens is 354 g/mol. The third-order valence-corrected chi connectivity index (χ3v) is 3.89. The normalized spacial score (nSPS) is 28.0. The number of esters is 1. The molecule has 1 saturated heterocycles. The number of aliphatic hydroxyl groups is 1. The summed E-state index contributed by atoms with van der Waals surface area (Å²) in [6, 6.07) is 8.39. The number of H-pyrrole nitrogens is 1. The van der Waals surface area contributed by atoms with E-state index in [0.717, 1.165) is 12.3 Å². The number of nitrogens with one attached hydrogen (secondary N) is 1. The van der Waals surface area contributed by atoms with Gasteiger partial charge in [-0.1, -0.05) is 18.2 Å². The van der Waals surface area contributed by atoms with E-state index >= 15 is 0 Å². The van der Waals surface area contributed by atoms with Gasteiger partial charge in [0.05, 0.1) is 5.56 Å². The number of halogens is 2. The van der Waals surface area contributed by atoms with E-state index in [4.69, 9.17) is 9.47 Å². The maximum Gasteiger partial charge on any atom is 0.338 e. The molecule has 1 aromatic carbocycles. The Bertz CT molecular complexity index is 915.